The predicted molar refractivity (Wildman–Crippen MR) is 131 cm³/mol. The van der Waals surface area contributed by atoms with Gasteiger partial charge in [0.1, 0.15) is 0 Å². The van der Waals surface area contributed by atoms with Crippen LogP contribution in [0.3, 0.4) is 0 Å². The average Bonchev–Trinajstić information content (AvgIpc) is 3.50. The molecule has 0 unspecified atom stereocenters. The summed E-state index contributed by atoms with van der Waals surface area (Å²) in [6.45, 7) is 1.35. The van der Waals surface area contributed by atoms with Crippen molar-refractivity contribution in [3.05, 3.63) is 53.2 Å². The number of aromatic nitrogens is 3. The molecule has 1 saturated carbocycles. The Bertz CT molecular complexity index is 1350. The number of carbonyl (C=O) groups excluding carboxylic acids is 1. The summed E-state index contributed by atoms with van der Waals surface area (Å²) in [6, 6.07) is 11.4. The maximum atomic E-state index is 12.5. The highest BCUT2D eigenvalue weighted by Crippen LogP contribution is 2.32. The van der Waals surface area contributed by atoms with Crippen molar-refractivity contribution < 1.29 is 9.53 Å². The number of carbonyl (C=O) groups is 1. The Kier molecular flexibility index (Phi) is 5.78. The number of nitrogens with zero attached hydrogens (tertiary/aromatic N) is 3. The summed E-state index contributed by atoms with van der Waals surface area (Å²) in [5, 5.41) is 6.75. The summed E-state index contributed by atoms with van der Waals surface area (Å²) in [6.07, 6.45) is 4.68. The minimum atomic E-state index is -0.139. The van der Waals surface area contributed by atoms with Crippen molar-refractivity contribution in [3.8, 4) is 11.3 Å². The first-order valence-electron chi connectivity index (χ1n) is 11.0. The first-order chi connectivity index (χ1) is 16.0. The largest absolute Gasteiger partial charge is 0.399 e. The van der Waals surface area contributed by atoms with Gasteiger partial charge in [0, 0.05) is 37.6 Å². The van der Waals surface area contributed by atoms with E-state index in [9.17, 15) is 4.79 Å². The lowest BCUT2D eigenvalue weighted by atomic mass is 10.1. The number of nitrogen functional groups attached to an aromatic ring is 1. The molecule has 1 amide bonds. The van der Waals surface area contributed by atoms with Crippen LogP contribution in [0.25, 0.3) is 27.9 Å². The highest BCUT2D eigenvalue weighted by Gasteiger charge is 2.25. The van der Waals surface area contributed by atoms with Gasteiger partial charge in [-0.15, -0.1) is 0 Å². The van der Waals surface area contributed by atoms with Crippen molar-refractivity contribution in [2.45, 2.75) is 25.3 Å². The molecule has 33 heavy (non-hydrogen) atoms. The lowest BCUT2D eigenvalue weighted by Gasteiger charge is -2.12. The quantitative estimate of drug-likeness (QED) is 0.267. The predicted octanol–water partition coefficient (Wildman–Crippen LogP) is 4.13. The topological polar surface area (TPSA) is 107 Å². The molecule has 8 nitrogen and oxygen atoms in total. The average molecular weight is 465 g/mol. The van der Waals surface area contributed by atoms with Gasteiger partial charge in [0.25, 0.3) is 5.91 Å². The number of halogens is 1. The zero-order valence-electron chi connectivity index (χ0n) is 18.3. The molecular formula is C24H25ClN6O2. The number of methoxy groups -OCH3 is 1. The van der Waals surface area contributed by atoms with Gasteiger partial charge in [-0.25, -0.2) is 9.97 Å². The second kappa shape index (κ2) is 8.88. The number of benzene rings is 2. The summed E-state index contributed by atoms with van der Waals surface area (Å²) in [7, 11) is 1.68. The Morgan fingerprint density at radius 3 is 2.88 bits per heavy atom. The van der Waals surface area contributed by atoms with E-state index in [4.69, 9.17) is 27.1 Å². The smallest absolute Gasteiger partial charge is 0.253 e. The van der Waals surface area contributed by atoms with Crippen LogP contribution in [0, 0.1) is 0 Å². The van der Waals surface area contributed by atoms with E-state index in [1.54, 1.807) is 19.4 Å². The van der Waals surface area contributed by atoms with Crippen LogP contribution < -0.4 is 16.4 Å². The van der Waals surface area contributed by atoms with Gasteiger partial charge in [0.2, 0.25) is 0 Å². The van der Waals surface area contributed by atoms with Gasteiger partial charge in [0.05, 0.1) is 33.5 Å². The third-order valence-corrected chi connectivity index (χ3v) is 6.00. The Morgan fingerprint density at radius 2 is 2.12 bits per heavy atom. The van der Waals surface area contributed by atoms with E-state index in [-0.39, 0.29) is 11.9 Å². The fraction of sp³-hybridized carbons (Fsp3) is 0.292. The van der Waals surface area contributed by atoms with Gasteiger partial charge in [-0.3, -0.25) is 9.20 Å². The monoisotopic (exact) mass is 464 g/mol. The Morgan fingerprint density at radius 1 is 1.27 bits per heavy atom. The van der Waals surface area contributed by atoms with Crippen molar-refractivity contribution in [2.24, 2.45) is 0 Å². The van der Waals surface area contributed by atoms with Gasteiger partial charge < -0.3 is 21.1 Å². The van der Waals surface area contributed by atoms with Crippen LogP contribution in [-0.2, 0) is 4.74 Å². The summed E-state index contributed by atoms with van der Waals surface area (Å²) in [4.78, 5) is 21.9. The second-order valence-electron chi connectivity index (χ2n) is 8.23. The number of ether oxygens (including phenoxy) is 1. The standard InChI is InChI=1S/C24H25ClN6O2/c1-33-10-2-9-27-22-23-28-13-21(31(23)20-8-4-15(26)12-19(20)30-22)14-3-7-17(18(25)11-14)24(32)29-16-5-6-16/h3-4,7-8,11-13,16H,2,5-6,9-10,26H2,1H3,(H,27,30)(H,29,32). The molecule has 1 aliphatic carbocycles. The number of anilines is 2. The van der Waals surface area contributed by atoms with Crippen LogP contribution >= 0.6 is 11.6 Å². The van der Waals surface area contributed by atoms with E-state index in [0.29, 0.717) is 40.9 Å². The third kappa shape index (κ3) is 4.31. The minimum Gasteiger partial charge on any atom is -0.399 e. The van der Waals surface area contributed by atoms with E-state index in [1.165, 1.54) is 0 Å². The number of nitrogens with one attached hydrogen (secondary N) is 2. The molecule has 1 fully saturated rings. The van der Waals surface area contributed by atoms with Crippen LogP contribution in [0.15, 0.2) is 42.6 Å². The summed E-state index contributed by atoms with van der Waals surface area (Å²) in [5.74, 6) is 0.529. The van der Waals surface area contributed by atoms with Crippen LogP contribution in [0.1, 0.15) is 29.6 Å². The van der Waals surface area contributed by atoms with Gasteiger partial charge in [-0.05, 0) is 49.6 Å². The van der Waals surface area contributed by atoms with Gasteiger partial charge in [0.15, 0.2) is 11.5 Å². The molecule has 0 saturated heterocycles. The fourth-order valence-corrected chi connectivity index (χ4v) is 4.11. The number of hydrogen-bond donors (Lipinski definition) is 3. The van der Waals surface area contributed by atoms with Crippen molar-refractivity contribution >= 4 is 45.7 Å². The van der Waals surface area contributed by atoms with E-state index >= 15 is 0 Å². The molecular weight excluding hydrogens is 440 g/mol. The lowest BCUT2D eigenvalue weighted by Crippen LogP contribution is -2.25. The molecule has 5 rings (SSSR count). The summed E-state index contributed by atoms with van der Waals surface area (Å²) in [5.41, 5.74) is 11.2. The molecule has 2 aromatic heterocycles. The Hall–Kier alpha value is -3.36. The molecule has 9 heteroatoms. The molecule has 0 aliphatic heterocycles. The zero-order valence-corrected chi connectivity index (χ0v) is 19.0. The van der Waals surface area contributed by atoms with E-state index in [1.807, 2.05) is 34.7 Å². The zero-order chi connectivity index (χ0) is 22.9. The van der Waals surface area contributed by atoms with Crippen LogP contribution in [0.4, 0.5) is 11.5 Å². The number of rotatable bonds is 8. The van der Waals surface area contributed by atoms with Crippen molar-refractivity contribution in [1.82, 2.24) is 19.7 Å². The van der Waals surface area contributed by atoms with Crippen molar-refractivity contribution in [3.63, 3.8) is 0 Å². The molecule has 2 aromatic carbocycles. The third-order valence-electron chi connectivity index (χ3n) is 5.69. The van der Waals surface area contributed by atoms with Crippen LogP contribution in [0.5, 0.6) is 0 Å². The fourth-order valence-electron chi connectivity index (χ4n) is 3.85. The molecule has 0 bridgehead atoms. The van der Waals surface area contributed by atoms with Gasteiger partial charge in [-0.1, -0.05) is 17.7 Å². The summed E-state index contributed by atoms with van der Waals surface area (Å²) < 4.78 is 7.18. The van der Waals surface area contributed by atoms with Crippen LogP contribution in [0.2, 0.25) is 5.02 Å². The van der Waals surface area contributed by atoms with Crippen molar-refractivity contribution in [1.29, 1.82) is 0 Å². The van der Waals surface area contributed by atoms with Crippen molar-refractivity contribution in [2.75, 3.05) is 31.3 Å². The molecule has 170 valence electrons. The molecule has 4 aromatic rings. The van der Waals surface area contributed by atoms with E-state index < -0.39 is 0 Å². The minimum absolute atomic E-state index is 0.139. The maximum absolute atomic E-state index is 12.5. The van der Waals surface area contributed by atoms with Gasteiger partial charge >= 0.3 is 0 Å². The SMILES string of the molecule is COCCCNc1nc2cc(N)ccc2n2c(-c3ccc(C(=O)NC4CC4)c(Cl)c3)cnc12. The number of hydrogen-bond acceptors (Lipinski definition) is 6. The lowest BCUT2D eigenvalue weighted by molar-refractivity contribution is 0.0951. The molecule has 4 N–H and O–H groups in total. The van der Waals surface area contributed by atoms with E-state index in [2.05, 4.69) is 15.6 Å². The molecule has 2 heterocycles. The molecule has 1 aliphatic rings. The number of imidazole rings is 1. The number of nitrogens with two attached hydrogens (primary N) is 1. The second-order valence-corrected chi connectivity index (χ2v) is 8.63. The first-order valence-corrected chi connectivity index (χ1v) is 11.3. The van der Waals surface area contributed by atoms with E-state index in [0.717, 1.165) is 41.6 Å². The normalized spacial score (nSPS) is 13.5. The summed E-state index contributed by atoms with van der Waals surface area (Å²) >= 11 is 6.52. The highest BCUT2D eigenvalue weighted by molar-refractivity contribution is 6.34. The first kappa shape index (κ1) is 21.5. The van der Waals surface area contributed by atoms with Gasteiger partial charge in [-0.2, -0.15) is 0 Å². The number of fused-ring (bicyclic) bond motifs is 3. The van der Waals surface area contributed by atoms with Crippen LogP contribution in [-0.4, -0.2) is 46.6 Å². The molecule has 0 atom stereocenters. The molecule has 0 radical (unpaired) electrons. The Labute approximate surface area is 196 Å². The molecule has 0 spiro atoms. The maximum Gasteiger partial charge on any atom is 0.253 e. The number of amides is 1. The highest BCUT2D eigenvalue weighted by atomic mass is 35.5. The Balaban J connectivity index is 1.58.